The Morgan fingerprint density at radius 3 is 2.65 bits per heavy atom. The first-order chi connectivity index (χ1) is 9.49. The molecule has 0 saturated heterocycles. The number of hydrogen-bond donors (Lipinski definition) is 0. The van der Waals surface area contributed by atoms with Gasteiger partial charge >= 0.3 is 6.18 Å². The lowest BCUT2D eigenvalue weighted by atomic mass is 10.1. The van der Waals surface area contributed by atoms with E-state index in [4.69, 9.17) is 4.74 Å². The van der Waals surface area contributed by atoms with Crippen molar-refractivity contribution in [1.82, 2.24) is 4.98 Å². The standard InChI is InChI=1S/C14H10F3NO2/c15-14(16,17)12-4-11(8-19)5-13(6-12)20-9-10-2-1-3-18-7-10/h1-8H,9H2. The van der Waals surface area contributed by atoms with Gasteiger partial charge in [0.15, 0.2) is 0 Å². The fourth-order valence-electron chi connectivity index (χ4n) is 1.59. The highest BCUT2D eigenvalue weighted by Gasteiger charge is 2.31. The van der Waals surface area contributed by atoms with E-state index in [0.717, 1.165) is 17.7 Å². The van der Waals surface area contributed by atoms with Gasteiger partial charge in [-0.05, 0) is 24.3 Å². The minimum atomic E-state index is -4.52. The van der Waals surface area contributed by atoms with Crippen LogP contribution in [0.5, 0.6) is 5.75 Å². The maximum absolute atomic E-state index is 12.7. The second kappa shape index (κ2) is 5.73. The maximum atomic E-state index is 12.7. The average molecular weight is 281 g/mol. The summed E-state index contributed by atoms with van der Waals surface area (Å²) in [6.07, 6.45) is -1.04. The highest BCUT2D eigenvalue weighted by Crippen LogP contribution is 2.32. The van der Waals surface area contributed by atoms with Crippen LogP contribution in [0.3, 0.4) is 0 Å². The van der Waals surface area contributed by atoms with Gasteiger partial charge in [-0.15, -0.1) is 0 Å². The smallest absolute Gasteiger partial charge is 0.416 e. The van der Waals surface area contributed by atoms with E-state index in [1.165, 1.54) is 6.07 Å². The lowest BCUT2D eigenvalue weighted by molar-refractivity contribution is -0.137. The number of hydrogen-bond acceptors (Lipinski definition) is 3. The maximum Gasteiger partial charge on any atom is 0.416 e. The van der Waals surface area contributed by atoms with Crippen molar-refractivity contribution in [3.63, 3.8) is 0 Å². The minimum Gasteiger partial charge on any atom is -0.489 e. The molecule has 20 heavy (non-hydrogen) atoms. The Kier molecular flexibility index (Phi) is 4.02. The van der Waals surface area contributed by atoms with Gasteiger partial charge in [-0.1, -0.05) is 6.07 Å². The van der Waals surface area contributed by atoms with Crippen LogP contribution in [0.2, 0.25) is 0 Å². The van der Waals surface area contributed by atoms with Gasteiger partial charge in [0.25, 0.3) is 0 Å². The number of rotatable bonds is 4. The minimum absolute atomic E-state index is 0.00854. The molecule has 0 aliphatic heterocycles. The fourth-order valence-corrected chi connectivity index (χ4v) is 1.59. The quantitative estimate of drug-likeness (QED) is 0.805. The summed E-state index contributed by atoms with van der Waals surface area (Å²) in [5, 5.41) is 0. The van der Waals surface area contributed by atoms with E-state index in [9.17, 15) is 18.0 Å². The number of nitrogens with zero attached hydrogens (tertiary/aromatic N) is 1. The Hall–Kier alpha value is -2.37. The van der Waals surface area contributed by atoms with Gasteiger partial charge in [0, 0.05) is 23.5 Å². The van der Waals surface area contributed by atoms with Crippen LogP contribution in [0.25, 0.3) is 0 Å². The first kappa shape index (κ1) is 14.0. The zero-order chi connectivity index (χ0) is 14.6. The molecule has 0 amide bonds. The van der Waals surface area contributed by atoms with Gasteiger partial charge in [0.05, 0.1) is 5.56 Å². The molecule has 0 N–H and O–H groups in total. The molecular formula is C14H10F3NO2. The number of carbonyl (C=O) groups is 1. The second-order valence-corrected chi connectivity index (χ2v) is 4.06. The largest absolute Gasteiger partial charge is 0.489 e. The van der Waals surface area contributed by atoms with Gasteiger partial charge in [0.2, 0.25) is 0 Å². The van der Waals surface area contributed by atoms with Crippen LogP contribution in [0.15, 0.2) is 42.7 Å². The molecule has 1 aromatic carbocycles. The summed E-state index contributed by atoms with van der Waals surface area (Å²) in [4.78, 5) is 14.6. The first-order valence-electron chi connectivity index (χ1n) is 5.68. The predicted octanol–water partition coefficient (Wildman–Crippen LogP) is 3.49. The van der Waals surface area contributed by atoms with E-state index in [1.54, 1.807) is 24.5 Å². The van der Waals surface area contributed by atoms with Crippen molar-refractivity contribution in [2.45, 2.75) is 12.8 Å². The monoisotopic (exact) mass is 281 g/mol. The summed E-state index contributed by atoms with van der Waals surface area (Å²) >= 11 is 0. The number of pyridine rings is 1. The lowest BCUT2D eigenvalue weighted by Crippen LogP contribution is -2.06. The van der Waals surface area contributed by atoms with Gasteiger partial charge in [-0.25, -0.2) is 0 Å². The highest BCUT2D eigenvalue weighted by atomic mass is 19.4. The Bertz CT molecular complexity index is 597. The zero-order valence-electron chi connectivity index (χ0n) is 10.2. The number of carbonyl (C=O) groups excluding carboxylic acids is 1. The molecule has 104 valence electrons. The molecule has 6 heteroatoms. The van der Waals surface area contributed by atoms with Crippen molar-refractivity contribution in [3.05, 3.63) is 59.4 Å². The Balaban J connectivity index is 2.21. The SMILES string of the molecule is O=Cc1cc(OCc2cccnc2)cc(C(F)(F)F)c1. The first-order valence-corrected chi connectivity index (χ1v) is 5.68. The summed E-state index contributed by atoms with van der Waals surface area (Å²) < 4.78 is 43.3. The summed E-state index contributed by atoms with van der Waals surface area (Å²) in [5.74, 6) is -0.00854. The third-order valence-corrected chi connectivity index (χ3v) is 2.52. The molecule has 0 atom stereocenters. The molecule has 0 aliphatic carbocycles. The van der Waals surface area contributed by atoms with E-state index >= 15 is 0 Å². The summed E-state index contributed by atoms with van der Waals surface area (Å²) in [6.45, 7) is 0.0768. The van der Waals surface area contributed by atoms with Gasteiger partial charge in [0.1, 0.15) is 18.6 Å². The molecule has 2 rings (SSSR count). The van der Waals surface area contributed by atoms with E-state index in [1.807, 2.05) is 0 Å². The number of aromatic nitrogens is 1. The topological polar surface area (TPSA) is 39.2 Å². The normalized spacial score (nSPS) is 11.2. The number of aldehydes is 1. The molecule has 0 saturated carbocycles. The molecular weight excluding hydrogens is 271 g/mol. The summed E-state index contributed by atoms with van der Waals surface area (Å²) in [6, 6.07) is 6.34. The number of halogens is 3. The average Bonchev–Trinajstić information content (AvgIpc) is 2.45. The molecule has 0 spiro atoms. The van der Waals surface area contributed by atoms with Crippen molar-refractivity contribution in [3.8, 4) is 5.75 Å². The lowest BCUT2D eigenvalue weighted by Gasteiger charge is -2.11. The number of alkyl halides is 3. The molecule has 0 unspecified atom stereocenters. The molecule has 3 nitrogen and oxygen atoms in total. The molecule has 1 heterocycles. The van der Waals surface area contributed by atoms with E-state index in [0.29, 0.717) is 6.29 Å². The van der Waals surface area contributed by atoms with Crippen LogP contribution < -0.4 is 4.74 Å². The number of benzene rings is 1. The van der Waals surface area contributed by atoms with Crippen molar-refractivity contribution < 1.29 is 22.7 Å². The third kappa shape index (κ3) is 3.57. The highest BCUT2D eigenvalue weighted by molar-refractivity contribution is 5.76. The van der Waals surface area contributed by atoms with E-state index in [2.05, 4.69) is 4.98 Å². The van der Waals surface area contributed by atoms with Crippen molar-refractivity contribution in [2.75, 3.05) is 0 Å². The number of ether oxygens (including phenoxy) is 1. The molecule has 1 aromatic heterocycles. The van der Waals surface area contributed by atoms with Gasteiger partial charge < -0.3 is 4.74 Å². The molecule has 0 radical (unpaired) electrons. The second-order valence-electron chi connectivity index (χ2n) is 4.06. The van der Waals surface area contributed by atoms with Crippen molar-refractivity contribution >= 4 is 6.29 Å². The van der Waals surface area contributed by atoms with Crippen LogP contribution in [0.4, 0.5) is 13.2 Å². The summed E-state index contributed by atoms with van der Waals surface area (Å²) in [5.41, 5.74) is -0.276. The molecule has 0 aliphatic rings. The molecule has 0 fully saturated rings. The van der Waals surface area contributed by atoms with Crippen molar-refractivity contribution in [2.24, 2.45) is 0 Å². The molecule has 2 aromatic rings. The Morgan fingerprint density at radius 2 is 2.05 bits per heavy atom. The van der Waals surface area contributed by atoms with Crippen LogP contribution >= 0.6 is 0 Å². The van der Waals surface area contributed by atoms with E-state index < -0.39 is 11.7 Å². The summed E-state index contributed by atoms with van der Waals surface area (Å²) in [7, 11) is 0. The van der Waals surface area contributed by atoms with E-state index in [-0.39, 0.29) is 17.9 Å². The Morgan fingerprint density at radius 1 is 1.25 bits per heavy atom. The van der Waals surface area contributed by atoms with Crippen LogP contribution in [-0.4, -0.2) is 11.3 Å². The van der Waals surface area contributed by atoms with Crippen LogP contribution in [0.1, 0.15) is 21.5 Å². The predicted molar refractivity (Wildman–Crippen MR) is 65.4 cm³/mol. The van der Waals surface area contributed by atoms with Crippen LogP contribution in [-0.2, 0) is 12.8 Å². The van der Waals surface area contributed by atoms with Crippen molar-refractivity contribution in [1.29, 1.82) is 0 Å². The fraction of sp³-hybridized carbons (Fsp3) is 0.143. The zero-order valence-corrected chi connectivity index (χ0v) is 10.2. The molecule has 0 bridgehead atoms. The van der Waals surface area contributed by atoms with Gasteiger partial charge in [-0.3, -0.25) is 9.78 Å². The van der Waals surface area contributed by atoms with Gasteiger partial charge in [-0.2, -0.15) is 13.2 Å². The van der Waals surface area contributed by atoms with Crippen LogP contribution in [0, 0.1) is 0 Å². The Labute approximate surface area is 113 Å². The third-order valence-electron chi connectivity index (χ3n) is 2.52.